The number of amides is 1. The van der Waals surface area contributed by atoms with Gasteiger partial charge in [-0.1, -0.05) is 30.3 Å². The molecule has 0 aliphatic rings. The maximum atomic E-state index is 11.1. The number of ether oxygens (including phenoxy) is 2. The molecule has 0 aromatic heterocycles. The Morgan fingerprint density at radius 1 is 1.35 bits per heavy atom. The van der Waals surface area contributed by atoms with E-state index in [1.54, 1.807) is 24.3 Å². The van der Waals surface area contributed by atoms with Crippen molar-refractivity contribution in [3.8, 4) is 0 Å². The zero-order valence-electron chi connectivity index (χ0n) is 9.25. The number of rotatable bonds is 4. The minimum absolute atomic E-state index is 0.0561. The number of nitrogens with one attached hydrogen (secondary N) is 1. The first kappa shape index (κ1) is 13.0. The third kappa shape index (κ3) is 4.52. The van der Waals surface area contributed by atoms with Crippen LogP contribution in [0.3, 0.4) is 0 Å². The van der Waals surface area contributed by atoms with Crippen LogP contribution < -0.4 is 5.32 Å². The summed E-state index contributed by atoms with van der Waals surface area (Å²) in [6.07, 6.45) is -2.62. The second-order valence-corrected chi connectivity index (χ2v) is 3.13. The lowest BCUT2D eigenvalue weighted by atomic mass is 10.2. The highest BCUT2D eigenvalue weighted by molar-refractivity contribution is 5.79. The van der Waals surface area contributed by atoms with E-state index in [9.17, 15) is 9.59 Å². The SMILES string of the molecule is COC(=O)[C@@H](O)NC(=O)OCc1ccccc1. The summed E-state index contributed by atoms with van der Waals surface area (Å²) in [6, 6.07) is 9.01. The van der Waals surface area contributed by atoms with Crippen molar-refractivity contribution in [3.63, 3.8) is 0 Å². The summed E-state index contributed by atoms with van der Waals surface area (Å²) in [5, 5.41) is 11.0. The second kappa shape index (κ2) is 6.49. The number of carbonyl (C=O) groups is 2. The summed E-state index contributed by atoms with van der Waals surface area (Å²) in [5.41, 5.74) is 0.801. The summed E-state index contributed by atoms with van der Waals surface area (Å²) < 4.78 is 8.99. The molecule has 2 N–H and O–H groups in total. The standard InChI is InChI=1S/C11H13NO5/c1-16-10(14)9(13)12-11(15)17-7-8-5-3-2-4-6-8/h2-6,9,13H,7H2,1H3,(H,12,15)/t9-/m1/s1. The van der Waals surface area contributed by atoms with E-state index < -0.39 is 18.3 Å². The van der Waals surface area contributed by atoms with Gasteiger partial charge in [0.1, 0.15) is 6.61 Å². The highest BCUT2D eigenvalue weighted by Crippen LogP contribution is 2.00. The largest absolute Gasteiger partial charge is 0.466 e. The van der Waals surface area contributed by atoms with Gasteiger partial charge in [-0.3, -0.25) is 5.32 Å². The van der Waals surface area contributed by atoms with Crippen LogP contribution in [0.4, 0.5) is 4.79 Å². The summed E-state index contributed by atoms with van der Waals surface area (Å²) in [6.45, 7) is 0.0561. The quantitative estimate of drug-likeness (QED) is 0.587. The number of carbonyl (C=O) groups excluding carboxylic acids is 2. The van der Waals surface area contributed by atoms with Crippen molar-refractivity contribution in [3.05, 3.63) is 35.9 Å². The third-order valence-corrected chi connectivity index (χ3v) is 1.89. The zero-order chi connectivity index (χ0) is 12.7. The van der Waals surface area contributed by atoms with E-state index in [1.807, 2.05) is 11.4 Å². The van der Waals surface area contributed by atoms with Crippen LogP contribution in [-0.4, -0.2) is 30.5 Å². The maximum absolute atomic E-state index is 11.1. The summed E-state index contributed by atoms with van der Waals surface area (Å²) in [4.78, 5) is 21.9. The van der Waals surface area contributed by atoms with Gasteiger partial charge in [-0.25, -0.2) is 9.59 Å². The van der Waals surface area contributed by atoms with Gasteiger partial charge in [-0.15, -0.1) is 0 Å². The normalized spacial score (nSPS) is 11.4. The lowest BCUT2D eigenvalue weighted by molar-refractivity contribution is -0.151. The number of benzene rings is 1. The topological polar surface area (TPSA) is 84.9 Å². The molecule has 6 nitrogen and oxygen atoms in total. The fraction of sp³-hybridized carbons (Fsp3) is 0.273. The number of esters is 1. The van der Waals surface area contributed by atoms with Crippen LogP contribution in [0, 0.1) is 0 Å². The smallest absolute Gasteiger partial charge is 0.409 e. The Bertz CT molecular complexity index is 379. The van der Waals surface area contributed by atoms with E-state index in [4.69, 9.17) is 9.84 Å². The average molecular weight is 239 g/mol. The van der Waals surface area contributed by atoms with Crippen molar-refractivity contribution in [2.24, 2.45) is 0 Å². The van der Waals surface area contributed by atoms with Gasteiger partial charge in [-0.05, 0) is 5.56 Å². The molecule has 0 heterocycles. The molecule has 17 heavy (non-hydrogen) atoms. The van der Waals surface area contributed by atoms with Crippen LogP contribution in [0.1, 0.15) is 5.56 Å². The lowest BCUT2D eigenvalue weighted by Gasteiger charge is -2.10. The second-order valence-electron chi connectivity index (χ2n) is 3.13. The number of hydrogen-bond donors (Lipinski definition) is 2. The van der Waals surface area contributed by atoms with Crippen molar-refractivity contribution >= 4 is 12.1 Å². The number of hydrogen-bond acceptors (Lipinski definition) is 5. The lowest BCUT2D eigenvalue weighted by Crippen LogP contribution is -2.41. The molecule has 1 aromatic carbocycles. The molecular formula is C11H13NO5. The first-order chi connectivity index (χ1) is 8.13. The van der Waals surface area contributed by atoms with Gasteiger partial charge in [-0.2, -0.15) is 0 Å². The van der Waals surface area contributed by atoms with Gasteiger partial charge in [0.25, 0.3) is 0 Å². The molecule has 0 fully saturated rings. The first-order valence-corrected chi connectivity index (χ1v) is 4.86. The number of aliphatic hydroxyl groups excluding tert-OH is 1. The molecule has 1 atom stereocenters. The highest BCUT2D eigenvalue weighted by Gasteiger charge is 2.18. The maximum Gasteiger partial charge on any atom is 0.409 e. The fourth-order valence-electron chi connectivity index (χ4n) is 1.05. The Hall–Kier alpha value is -2.08. The van der Waals surface area contributed by atoms with E-state index in [2.05, 4.69) is 4.74 Å². The Balaban J connectivity index is 2.33. The molecule has 0 unspecified atom stereocenters. The number of alkyl carbamates (subject to hydrolysis) is 1. The fourth-order valence-corrected chi connectivity index (χ4v) is 1.05. The van der Waals surface area contributed by atoms with Crippen LogP contribution in [0.2, 0.25) is 0 Å². The van der Waals surface area contributed by atoms with Crippen LogP contribution >= 0.6 is 0 Å². The minimum atomic E-state index is -1.72. The van der Waals surface area contributed by atoms with E-state index in [1.165, 1.54) is 0 Å². The number of methoxy groups -OCH3 is 1. The molecule has 1 aromatic rings. The van der Waals surface area contributed by atoms with Gasteiger partial charge in [0, 0.05) is 0 Å². The monoisotopic (exact) mass is 239 g/mol. The van der Waals surface area contributed by atoms with Crippen molar-refractivity contribution in [1.82, 2.24) is 5.32 Å². The number of aliphatic hydroxyl groups is 1. The molecule has 0 saturated heterocycles. The highest BCUT2D eigenvalue weighted by atomic mass is 16.6. The molecule has 0 bridgehead atoms. The molecule has 1 rings (SSSR count). The van der Waals surface area contributed by atoms with Crippen LogP contribution in [0.25, 0.3) is 0 Å². The molecule has 0 aliphatic carbocycles. The first-order valence-electron chi connectivity index (χ1n) is 4.86. The van der Waals surface area contributed by atoms with Gasteiger partial charge in [0.2, 0.25) is 6.23 Å². The minimum Gasteiger partial charge on any atom is -0.466 e. The molecule has 1 amide bonds. The summed E-state index contributed by atoms with van der Waals surface area (Å²) in [7, 11) is 1.10. The third-order valence-electron chi connectivity index (χ3n) is 1.89. The molecule has 6 heteroatoms. The molecular weight excluding hydrogens is 226 g/mol. The Labute approximate surface area is 98.2 Å². The van der Waals surface area contributed by atoms with E-state index in [-0.39, 0.29) is 6.61 Å². The van der Waals surface area contributed by atoms with Gasteiger partial charge in [0.05, 0.1) is 7.11 Å². The van der Waals surface area contributed by atoms with E-state index in [0.717, 1.165) is 12.7 Å². The molecule has 92 valence electrons. The van der Waals surface area contributed by atoms with Crippen molar-refractivity contribution in [2.45, 2.75) is 12.8 Å². The predicted octanol–water partition coefficient (Wildman–Crippen LogP) is 0.404. The van der Waals surface area contributed by atoms with Crippen molar-refractivity contribution < 1.29 is 24.2 Å². The summed E-state index contributed by atoms with van der Waals surface area (Å²) >= 11 is 0. The van der Waals surface area contributed by atoms with Crippen LogP contribution in [0.15, 0.2) is 30.3 Å². The van der Waals surface area contributed by atoms with E-state index in [0.29, 0.717) is 0 Å². The molecule has 0 radical (unpaired) electrons. The zero-order valence-corrected chi connectivity index (χ0v) is 9.25. The Morgan fingerprint density at radius 2 is 2.00 bits per heavy atom. The van der Waals surface area contributed by atoms with Crippen molar-refractivity contribution in [1.29, 1.82) is 0 Å². The van der Waals surface area contributed by atoms with Crippen molar-refractivity contribution in [2.75, 3.05) is 7.11 Å². The Morgan fingerprint density at radius 3 is 2.59 bits per heavy atom. The average Bonchev–Trinajstić information content (AvgIpc) is 2.36. The molecule has 0 saturated carbocycles. The van der Waals surface area contributed by atoms with E-state index >= 15 is 0 Å². The Kier molecular flexibility index (Phi) is 4.96. The van der Waals surface area contributed by atoms with Gasteiger partial charge >= 0.3 is 12.1 Å². The summed E-state index contributed by atoms with van der Waals surface area (Å²) in [5.74, 6) is -0.957. The van der Waals surface area contributed by atoms with Crippen LogP contribution in [-0.2, 0) is 20.9 Å². The molecule has 0 aliphatic heterocycles. The van der Waals surface area contributed by atoms with Gasteiger partial charge in [0.15, 0.2) is 0 Å². The van der Waals surface area contributed by atoms with Gasteiger partial charge < -0.3 is 14.6 Å². The predicted molar refractivity (Wildman–Crippen MR) is 57.8 cm³/mol. The molecule has 0 spiro atoms. The van der Waals surface area contributed by atoms with Crippen LogP contribution in [0.5, 0.6) is 0 Å².